The summed E-state index contributed by atoms with van der Waals surface area (Å²) in [6.07, 6.45) is 1.45. The van der Waals surface area contributed by atoms with E-state index in [1.807, 2.05) is 30.3 Å². The number of hydrogen-bond donors (Lipinski definition) is 1. The van der Waals surface area contributed by atoms with E-state index in [4.69, 9.17) is 9.84 Å². The molecule has 3 rings (SSSR count). The highest BCUT2D eigenvalue weighted by Gasteiger charge is 2.33. The van der Waals surface area contributed by atoms with Crippen LogP contribution >= 0.6 is 0 Å². The lowest BCUT2D eigenvalue weighted by molar-refractivity contribution is -0.141. The molecule has 2 aromatic rings. The van der Waals surface area contributed by atoms with E-state index in [1.54, 1.807) is 4.90 Å². The van der Waals surface area contributed by atoms with Crippen molar-refractivity contribution in [3.05, 3.63) is 47.8 Å². The predicted octanol–water partition coefficient (Wildman–Crippen LogP) is 1.14. The van der Waals surface area contributed by atoms with Crippen molar-refractivity contribution in [1.29, 1.82) is 0 Å². The molecule has 24 heavy (non-hydrogen) atoms. The van der Waals surface area contributed by atoms with Gasteiger partial charge in [-0.25, -0.2) is 9.48 Å². The van der Waals surface area contributed by atoms with Gasteiger partial charge in [-0.05, 0) is 12.0 Å². The van der Waals surface area contributed by atoms with Gasteiger partial charge in [0.2, 0.25) is 0 Å². The lowest BCUT2D eigenvalue weighted by atomic mass is 10.1. The van der Waals surface area contributed by atoms with E-state index in [0.717, 1.165) is 5.56 Å². The van der Waals surface area contributed by atoms with Crippen molar-refractivity contribution < 1.29 is 19.4 Å². The van der Waals surface area contributed by atoms with Crippen molar-refractivity contribution in [1.82, 2.24) is 19.9 Å². The standard InChI is InChI=1S/C16H18N4O4/c1-24-14(11-5-3-2-4-6-11)15(21)19-8-7-12(9-19)20-10-13(16(22)23)17-18-20/h2-6,10,12,14H,7-9H2,1H3,(H,22,23)/t12?,14-/m1/s1. The van der Waals surface area contributed by atoms with E-state index < -0.39 is 12.1 Å². The van der Waals surface area contributed by atoms with Gasteiger partial charge in [0.25, 0.3) is 5.91 Å². The van der Waals surface area contributed by atoms with Crippen LogP contribution in [0.1, 0.15) is 34.6 Å². The van der Waals surface area contributed by atoms with Gasteiger partial charge in [-0.15, -0.1) is 5.10 Å². The number of aromatic carboxylic acids is 1. The minimum Gasteiger partial charge on any atom is -0.476 e. The second-order valence-corrected chi connectivity index (χ2v) is 5.64. The quantitative estimate of drug-likeness (QED) is 0.883. The number of carboxylic acid groups (broad SMARTS) is 1. The zero-order valence-corrected chi connectivity index (χ0v) is 13.2. The van der Waals surface area contributed by atoms with Gasteiger partial charge in [0.15, 0.2) is 11.8 Å². The molecule has 1 N–H and O–H groups in total. The minimum atomic E-state index is -1.12. The first kappa shape index (κ1) is 16.1. The van der Waals surface area contributed by atoms with E-state index in [2.05, 4.69) is 10.3 Å². The molecule has 1 aliphatic rings. The third kappa shape index (κ3) is 3.13. The van der Waals surface area contributed by atoms with E-state index >= 15 is 0 Å². The van der Waals surface area contributed by atoms with E-state index in [0.29, 0.717) is 19.5 Å². The van der Waals surface area contributed by atoms with Crippen LogP contribution in [-0.2, 0) is 9.53 Å². The smallest absolute Gasteiger partial charge is 0.358 e. The summed E-state index contributed by atoms with van der Waals surface area (Å²) >= 11 is 0. The molecule has 1 aromatic carbocycles. The SMILES string of the molecule is CO[C@@H](C(=O)N1CCC(n2cc(C(=O)O)nn2)C1)c1ccccc1. The summed E-state index contributed by atoms with van der Waals surface area (Å²) in [4.78, 5) is 25.3. The number of ether oxygens (including phenoxy) is 1. The summed E-state index contributed by atoms with van der Waals surface area (Å²) in [7, 11) is 1.51. The van der Waals surface area contributed by atoms with Gasteiger partial charge in [-0.1, -0.05) is 35.5 Å². The van der Waals surface area contributed by atoms with Gasteiger partial charge >= 0.3 is 5.97 Å². The Balaban J connectivity index is 1.70. The average Bonchev–Trinajstić information content (AvgIpc) is 3.26. The summed E-state index contributed by atoms with van der Waals surface area (Å²) in [5, 5.41) is 16.4. The number of carbonyl (C=O) groups excluding carboxylic acids is 1. The van der Waals surface area contributed by atoms with Crippen LogP contribution in [-0.4, -0.2) is 57.1 Å². The van der Waals surface area contributed by atoms with Crippen molar-refractivity contribution in [3.63, 3.8) is 0 Å². The van der Waals surface area contributed by atoms with Crippen LogP contribution in [0, 0.1) is 0 Å². The summed E-state index contributed by atoms with van der Waals surface area (Å²) in [6.45, 7) is 1.02. The summed E-state index contributed by atoms with van der Waals surface area (Å²) in [5.41, 5.74) is 0.709. The third-order valence-corrected chi connectivity index (χ3v) is 4.14. The number of aromatic nitrogens is 3. The molecule has 1 amide bonds. The van der Waals surface area contributed by atoms with Crippen LogP contribution < -0.4 is 0 Å². The number of rotatable bonds is 5. The molecule has 1 saturated heterocycles. The Bertz CT molecular complexity index is 731. The highest BCUT2D eigenvalue weighted by molar-refractivity contribution is 5.84. The first-order valence-electron chi connectivity index (χ1n) is 7.62. The lowest BCUT2D eigenvalue weighted by Crippen LogP contribution is -2.34. The number of likely N-dealkylation sites (tertiary alicyclic amines) is 1. The normalized spacial score (nSPS) is 18.5. The maximum absolute atomic E-state index is 12.7. The van der Waals surface area contributed by atoms with Gasteiger partial charge in [0.05, 0.1) is 12.2 Å². The minimum absolute atomic E-state index is 0.0807. The molecule has 2 atom stereocenters. The number of benzene rings is 1. The molecule has 1 aliphatic heterocycles. The zero-order chi connectivity index (χ0) is 17.1. The maximum atomic E-state index is 12.7. The first-order chi connectivity index (χ1) is 11.6. The number of hydrogen-bond acceptors (Lipinski definition) is 5. The third-order valence-electron chi connectivity index (χ3n) is 4.14. The largest absolute Gasteiger partial charge is 0.476 e. The number of methoxy groups -OCH3 is 1. The fourth-order valence-electron chi connectivity index (χ4n) is 2.88. The van der Waals surface area contributed by atoms with Crippen molar-refractivity contribution in [3.8, 4) is 0 Å². The Hall–Kier alpha value is -2.74. The molecule has 1 unspecified atom stereocenters. The van der Waals surface area contributed by atoms with E-state index in [-0.39, 0.29) is 17.6 Å². The molecule has 8 nitrogen and oxygen atoms in total. The molecule has 0 spiro atoms. The number of nitrogens with zero attached hydrogens (tertiary/aromatic N) is 4. The number of carbonyl (C=O) groups is 2. The summed E-state index contributed by atoms with van der Waals surface area (Å²) < 4.78 is 6.90. The van der Waals surface area contributed by atoms with Crippen molar-refractivity contribution in [2.75, 3.05) is 20.2 Å². The fraction of sp³-hybridized carbons (Fsp3) is 0.375. The molecule has 0 radical (unpaired) electrons. The molecule has 8 heteroatoms. The first-order valence-corrected chi connectivity index (χ1v) is 7.62. The zero-order valence-electron chi connectivity index (χ0n) is 13.2. The Morgan fingerprint density at radius 2 is 2.08 bits per heavy atom. The van der Waals surface area contributed by atoms with Crippen LogP contribution in [0.5, 0.6) is 0 Å². The Kier molecular flexibility index (Phi) is 4.57. The van der Waals surface area contributed by atoms with Crippen molar-refractivity contribution >= 4 is 11.9 Å². The lowest BCUT2D eigenvalue weighted by Gasteiger charge is -2.22. The second kappa shape index (κ2) is 6.79. The van der Waals surface area contributed by atoms with Gasteiger partial charge < -0.3 is 14.7 Å². The van der Waals surface area contributed by atoms with Gasteiger partial charge in [0, 0.05) is 20.2 Å². The molecule has 2 heterocycles. The Morgan fingerprint density at radius 1 is 1.33 bits per heavy atom. The monoisotopic (exact) mass is 330 g/mol. The van der Waals surface area contributed by atoms with Crippen LogP contribution in [0.15, 0.2) is 36.5 Å². The summed E-state index contributed by atoms with van der Waals surface area (Å²) in [6, 6.07) is 9.25. The summed E-state index contributed by atoms with van der Waals surface area (Å²) in [5.74, 6) is -1.22. The predicted molar refractivity (Wildman–Crippen MR) is 83.4 cm³/mol. The fourth-order valence-corrected chi connectivity index (χ4v) is 2.88. The maximum Gasteiger partial charge on any atom is 0.358 e. The number of carboxylic acids is 1. The topological polar surface area (TPSA) is 97.5 Å². The highest BCUT2D eigenvalue weighted by Crippen LogP contribution is 2.26. The molecular formula is C16H18N4O4. The molecular weight excluding hydrogens is 312 g/mol. The van der Waals surface area contributed by atoms with Crippen LogP contribution in [0.4, 0.5) is 0 Å². The number of amides is 1. The van der Waals surface area contributed by atoms with Crippen LogP contribution in [0.2, 0.25) is 0 Å². The Labute approximate surface area is 138 Å². The average molecular weight is 330 g/mol. The van der Waals surface area contributed by atoms with Gasteiger partial charge in [0.1, 0.15) is 0 Å². The van der Waals surface area contributed by atoms with Crippen molar-refractivity contribution in [2.45, 2.75) is 18.6 Å². The van der Waals surface area contributed by atoms with Gasteiger partial charge in [-0.2, -0.15) is 0 Å². The molecule has 126 valence electrons. The van der Waals surface area contributed by atoms with Crippen molar-refractivity contribution in [2.24, 2.45) is 0 Å². The molecule has 1 fully saturated rings. The van der Waals surface area contributed by atoms with Crippen LogP contribution in [0.25, 0.3) is 0 Å². The van der Waals surface area contributed by atoms with E-state index in [1.165, 1.54) is 18.0 Å². The second-order valence-electron chi connectivity index (χ2n) is 5.64. The molecule has 0 saturated carbocycles. The van der Waals surface area contributed by atoms with Gasteiger partial charge in [-0.3, -0.25) is 4.79 Å². The highest BCUT2D eigenvalue weighted by atomic mass is 16.5. The van der Waals surface area contributed by atoms with Crippen LogP contribution in [0.3, 0.4) is 0 Å². The molecule has 0 aliphatic carbocycles. The molecule has 0 bridgehead atoms. The molecule has 1 aromatic heterocycles. The Morgan fingerprint density at radius 3 is 2.71 bits per heavy atom. The van der Waals surface area contributed by atoms with E-state index in [9.17, 15) is 9.59 Å².